The summed E-state index contributed by atoms with van der Waals surface area (Å²) in [5.41, 5.74) is -0.270. The average Bonchev–Trinajstić information content (AvgIpc) is 2.16. The molecule has 0 spiro atoms. The molecule has 0 aliphatic heterocycles. The van der Waals surface area contributed by atoms with E-state index in [4.69, 9.17) is 11.6 Å². The topological polar surface area (TPSA) is 69.4 Å². The molecule has 0 unspecified atom stereocenters. The molecule has 0 aromatic heterocycles. The third kappa shape index (κ3) is 2.45. The molecule has 0 N–H and O–H groups in total. The molecule has 7 heteroatoms. The van der Waals surface area contributed by atoms with E-state index in [0.717, 1.165) is 6.07 Å². The number of rotatable bonds is 2. The van der Waals surface area contributed by atoms with Gasteiger partial charge in [0, 0.05) is 6.07 Å². The summed E-state index contributed by atoms with van der Waals surface area (Å²) in [5, 5.41) is 10.7. The summed E-state index contributed by atoms with van der Waals surface area (Å²) in [5.74, 6) is -0.712. The maximum absolute atomic E-state index is 11.2. The van der Waals surface area contributed by atoms with Crippen LogP contribution in [0.3, 0.4) is 0 Å². The number of methoxy groups -OCH3 is 1. The van der Waals surface area contributed by atoms with Gasteiger partial charge in [0.15, 0.2) is 0 Å². The van der Waals surface area contributed by atoms with Crippen LogP contribution in [-0.2, 0) is 4.74 Å². The molecule has 0 saturated carbocycles. The van der Waals surface area contributed by atoms with E-state index in [0.29, 0.717) is 0 Å². The summed E-state index contributed by atoms with van der Waals surface area (Å²) in [6.07, 6.45) is 0. The fourth-order valence-corrected chi connectivity index (χ4v) is 1.80. The van der Waals surface area contributed by atoms with Gasteiger partial charge in [-0.3, -0.25) is 10.1 Å². The Morgan fingerprint density at radius 3 is 2.67 bits per heavy atom. The van der Waals surface area contributed by atoms with Gasteiger partial charge in [-0.1, -0.05) is 11.6 Å². The average molecular weight is 294 g/mol. The maximum Gasteiger partial charge on any atom is 0.339 e. The molecule has 0 fully saturated rings. The van der Waals surface area contributed by atoms with Crippen LogP contribution in [0.2, 0.25) is 5.02 Å². The van der Waals surface area contributed by atoms with Gasteiger partial charge < -0.3 is 4.74 Å². The molecule has 1 rings (SSSR count). The summed E-state index contributed by atoms with van der Waals surface area (Å²) < 4.78 is 4.64. The lowest BCUT2D eigenvalue weighted by molar-refractivity contribution is -0.385. The Kier molecular flexibility index (Phi) is 3.65. The highest BCUT2D eigenvalue weighted by molar-refractivity contribution is 9.10. The minimum Gasteiger partial charge on any atom is -0.465 e. The first-order valence-corrected chi connectivity index (χ1v) is 4.86. The maximum atomic E-state index is 11.2. The molecule has 5 nitrogen and oxygen atoms in total. The van der Waals surface area contributed by atoms with Crippen LogP contribution in [0.5, 0.6) is 0 Å². The van der Waals surface area contributed by atoms with Crippen molar-refractivity contribution in [2.75, 3.05) is 7.11 Å². The molecule has 80 valence electrons. The van der Waals surface area contributed by atoms with Crippen molar-refractivity contribution in [2.45, 2.75) is 0 Å². The minimum absolute atomic E-state index is 0.0333. The highest BCUT2D eigenvalue weighted by atomic mass is 79.9. The second-order valence-electron chi connectivity index (χ2n) is 2.53. The Morgan fingerprint density at radius 1 is 1.60 bits per heavy atom. The highest BCUT2D eigenvalue weighted by Crippen LogP contribution is 2.31. The SMILES string of the molecule is COC(=O)c1cc([N+](=O)[O-])c(Br)cc1Cl. The van der Waals surface area contributed by atoms with Crippen LogP contribution >= 0.6 is 27.5 Å². The van der Waals surface area contributed by atoms with Gasteiger partial charge in [-0.05, 0) is 22.0 Å². The lowest BCUT2D eigenvalue weighted by atomic mass is 10.2. The molecule has 0 heterocycles. The standard InChI is InChI=1S/C8H5BrClNO4/c1-15-8(12)4-2-7(11(13)14)5(9)3-6(4)10/h2-3H,1H3. The van der Waals surface area contributed by atoms with E-state index in [2.05, 4.69) is 20.7 Å². The summed E-state index contributed by atoms with van der Waals surface area (Å²) in [4.78, 5) is 21.1. The zero-order chi connectivity index (χ0) is 11.6. The summed E-state index contributed by atoms with van der Waals surface area (Å²) >= 11 is 8.70. The number of nitrogens with zero attached hydrogens (tertiary/aromatic N) is 1. The van der Waals surface area contributed by atoms with Gasteiger partial charge in [-0.15, -0.1) is 0 Å². The van der Waals surface area contributed by atoms with Gasteiger partial charge in [0.1, 0.15) is 0 Å². The zero-order valence-corrected chi connectivity index (χ0v) is 9.83. The van der Waals surface area contributed by atoms with Gasteiger partial charge in [-0.25, -0.2) is 4.79 Å². The van der Waals surface area contributed by atoms with E-state index in [9.17, 15) is 14.9 Å². The molecule has 15 heavy (non-hydrogen) atoms. The molecule has 0 atom stereocenters. The van der Waals surface area contributed by atoms with Crippen LogP contribution < -0.4 is 0 Å². The van der Waals surface area contributed by atoms with Crippen molar-refractivity contribution >= 4 is 39.2 Å². The molecule has 0 aliphatic carbocycles. The number of nitro benzene ring substituents is 1. The van der Waals surface area contributed by atoms with E-state index >= 15 is 0 Å². The Labute approximate surface area is 98.3 Å². The lowest BCUT2D eigenvalue weighted by Crippen LogP contribution is -2.03. The van der Waals surface area contributed by atoms with E-state index in [-0.39, 0.29) is 20.7 Å². The number of nitro groups is 1. The van der Waals surface area contributed by atoms with Gasteiger partial charge in [-0.2, -0.15) is 0 Å². The van der Waals surface area contributed by atoms with E-state index in [1.807, 2.05) is 0 Å². The lowest BCUT2D eigenvalue weighted by Gasteiger charge is -2.03. The Bertz CT molecular complexity index is 435. The van der Waals surface area contributed by atoms with Crippen LogP contribution in [0.4, 0.5) is 5.69 Å². The number of carbonyl (C=O) groups excluding carboxylic acids is 1. The number of carbonyl (C=O) groups is 1. The Hall–Kier alpha value is -1.14. The van der Waals surface area contributed by atoms with Crippen molar-refractivity contribution < 1.29 is 14.5 Å². The second kappa shape index (κ2) is 4.59. The van der Waals surface area contributed by atoms with Crippen molar-refractivity contribution in [3.8, 4) is 0 Å². The fraction of sp³-hybridized carbons (Fsp3) is 0.125. The molecule has 0 saturated heterocycles. The zero-order valence-electron chi connectivity index (χ0n) is 7.49. The molecular weight excluding hydrogens is 289 g/mol. The third-order valence-corrected chi connectivity index (χ3v) is 2.59. The molecule has 1 aromatic carbocycles. The molecule has 0 aliphatic rings. The predicted octanol–water partition coefficient (Wildman–Crippen LogP) is 2.80. The van der Waals surface area contributed by atoms with Crippen LogP contribution in [0.15, 0.2) is 16.6 Å². The van der Waals surface area contributed by atoms with Crippen molar-refractivity contribution in [1.82, 2.24) is 0 Å². The molecule has 1 aromatic rings. The summed E-state index contributed by atoms with van der Waals surface area (Å²) in [6.45, 7) is 0. The quantitative estimate of drug-likeness (QED) is 0.478. The normalized spacial score (nSPS) is 9.80. The van der Waals surface area contributed by atoms with Gasteiger partial charge in [0.25, 0.3) is 5.69 Å². The number of ether oxygens (including phenoxy) is 1. The Balaban J connectivity index is 3.36. The minimum atomic E-state index is -0.712. The van der Waals surface area contributed by atoms with Crippen molar-refractivity contribution in [2.24, 2.45) is 0 Å². The van der Waals surface area contributed by atoms with Crippen molar-refractivity contribution in [3.63, 3.8) is 0 Å². The summed E-state index contributed by atoms with van der Waals surface area (Å²) in [7, 11) is 1.17. The molecule has 0 amide bonds. The van der Waals surface area contributed by atoms with E-state index < -0.39 is 10.9 Å². The number of benzene rings is 1. The number of hydrogen-bond acceptors (Lipinski definition) is 4. The highest BCUT2D eigenvalue weighted by Gasteiger charge is 2.20. The van der Waals surface area contributed by atoms with Crippen molar-refractivity contribution in [3.05, 3.63) is 37.3 Å². The monoisotopic (exact) mass is 293 g/mol. The second-order valence-corrected chi connectivity index (χ2v) is 3.79. The van der Waals surface area contributed by atoms with Gasteiger partial charge >= 0.3 is 5.97 Å². The largest absolute Gasteiger partial charge is 0.465 e. The van der Waals surface area contributed by atoms with Crippen molar-refractivity contribution in [1.29, 1.82) is 0 Å². The third-order valence-electron chi connectivity index (χ3n) is 1.64. The van der Waals surface area contributed by atoms with Crippen LogP contribution in [0, 0.1) is 10.1 Å². The van der Waals surface area contributed by atoms with E-state index in [1.54, 1.807) is 0 Å². The van der Waals surface area contributed by atoms with Crippen LogP contribution in [0.25, 0.3) is 0 Å². The molecule has 0 bridgehead atoms. The number of halogens is 2. The summed E-state index contributed by atoms with van der Waals surface area (Å²) in [6, 6.07) is 2.35. The first-order chi connectivity index (χ1) is 6.97. The molecular formula is C8H5BrClNO4. The van der Waals surface area contributed by atoms with Gasteiger partial charge in [0.05, 0.1) is 27.1 Å². The number of esters is 1. The van der Waals surface area contributed by atoms with Gasteiger partial charge in [0.2, 0.25) is 0 Å². The first-order valence-electron chi connectivity index (χ1n) is 3.69. The first kappa shape index (κ1) is 11.9. The number of hydrogen-bond donors (Lipinski definition) is 0. The smallest absolute Gasteiger partial charge is 0.339 e. The Morgan fingerprint density at radius 2 is 2.20 bits per heavy atom. The van der Waals surface area contributed by atoms with E-state index in [1.165, 1.54) is 13.2 Å². The molecule has 0 radical (unpaired) electrons. The van der Waals surface area contributed by atoms with Crippen LogP contribution in [-0.4, -0.2) is 18.0 Å². The van der Waals surface area contributed by atoms with Crippen LogP contribution in [0.1, 0.15) is 10.4 Å². The predicted molar refractivity (Wildman–Crippen MR) is 57.1 cm³/mol. The fourth-order valence-electron chi connectivity index (χ4n) is 0.944.